The van der Waals surface area contributed by atoms with Gasteiger partial charge in [-0.25, -0.2) is 0 Å². The van der Waals surface area contributed by atoms with Crippen molar-refractivity contribution < 1.29 is 23.9 Å². The van der Waals surface area contributed by atoms with Crippen molar-refractivity contribution in [1.82, 2.24) is 5.32 Å². The molecule has 0 atom stereocenters. The Balaban J connectivity index is 1.30. The van der Waals surface area contributed by atoms with E-state index in [1.54, 1.807) is 72.7 Å². The molecule has 5 aromatic rings. The van der Waals surface area contributed by atoms with Gasteiger partial charge in [0.05, 0.1) is 20.0 Å². The molecule has 0 radical (unpaired) electrons. The first-order valence-electron chi connectivity index (χ1n) is 14.7. The first-order chi connectivity index (χ1) is 22.9. The maximum absolute atomic E-state index is 13.5. The van der Waals surface area contributed by atoms with Gasteiger partial charge >= 0.3 is 0 Å². The Morgan fingerprint density at radius 1 is 0.723 bits per heavy atom. The smallest absolute Gasteiger partial charge is 0.272 e. The molecule has 2 N–H and O–H groups in total. The molecule has 9 heteroatoms. The number of nitrogens with one attached hydrogen (secondary N) is 2. The largest absolute Gasteiger partial charge is 0.497 e. The van der Waals surface area contributed by atoms with Gasteiger partial charge in [-0.3, -0.25) is 19.3 Å². The molecule has 8 nitrogen and oxygen atoms in total. The predicted octanol–water partition coefficient (Wildman–Crippen LogP) is 7.57. The number of rotatable bonds is 12. The fourth-order valence-corrected chi connectivity index (χ4v) is 5.42. The third-order valence-corrected chi connectivity index (χ3v) is 8.02. The highest BCUT2D eigenvalue weighted by Crippen LogP contribution is 2.29. The zero-order valence-electron chi connectivity index (χ0n) is 25.9. The topological polar surface area (TPSA) is 97.0 Å². The van der Waals surface area contributed by atoms with Crippen molar-refractivity contribution in [2.75, 3.05) is 30.2 Å². The van der Waals surface area contributed by atoms with E-state index >= 15 is 0 Å². The number of carbonyl (C=O) groups is 3. The van der Waals surface area contributed by atoms with Gasteiger partial charge < -0.3 is 20.1 Å². The van der Waals surface area contributed by atoms with E-state index in [4.69, 9.17) is 9.47 Å². The maximum atomic E-state index is 13.5. The monoisotopic (exact) mass is 643 g/mol. The molecule has 0 aliphatic rings. The standard InChI is InChI=1S/C38H33N3O5S/c1-45-32-21-18-28(35(25-32)46-2)24-34(40-37(43)27-12-6-3-7-13-27)38(44)39-29-19-22-33(23-20-29)47-26-36(42)41(30-14-8-4-9-15-30)31-16-10-5-11-17-31/h3-25H,26H2,1-2H3,(H,39,44)(H,40,43)/b34-24-. The van der Waals surface area contributed by atoms with Gasteiger partial charge in [-0.2, -0.15) is 0 Å². The summed E-state index contributed by atoms with van der Waals surface area (Å²) in [5.74, 6) is 0.239. The van der Waals surface area contributed by atoms with Crippen molar-refractivity contribution in [2.24, 2.45) is 0 Å². The number of hydrogen-bond donors (Lipinski definition) is 2. The first kappa shape index (κ1) is 32.6. The molecule has 5 aromatic carbocycles. The van der Waals surface area contributed by atoms with Crippen LogP contribution < -0.4 is 25.0 Å². The first-order valence-corrected chi connectivity index (χ1v) is 15.7. The molecule has 0 heterocycles. The molecule has 0 saturated heterocycles. The van der Waals surface area contributed by atoms with E-state index in [9.17, 15) is 14.4 Å². The van der Waals surface area contributed by atoms with Crippen LogP contribution in [0.15, 0.2) is 144 Å². The zero-order chi connectivity index (χ0) is 33.0. The van der Waals surface area contributed by atoms with Gasteiger partial charge in [0, 0.05) is 39.2 Å². The van der Waals surface area contributed by atoms with Gasteiger partial charge in [0.2, 0.25) is 5.91 Å². The van der Waals surface area contributed by atoms with E-state index in [1.165, 1.54) is 18.9 Å². The fourth-order valence-electron chi connectivity index (χ4n) is 4.67. The normalized spacial score (nSPS) is 10.9. The van der Waals surface area contributed by atoms with Gasteiger partial charge in [0.15, 0.2) is 0 Å². The Kier molecular flexibility index (Phi) is 11.1. The molecule has 0 saturated carbocycles. The number of nitrogens with zero attached hydrogens (tertiary/aromatic N) is 1. The van der Waals surface area contributed by atoms with Crippen molar-refractivity contribution >= 4 is 52.6 Å². The van der Waals surface area contributed by atoms with Crippen LogP contribution in [0.5, 0.6) is 11.5 Å². The Hall–Kier alpha value is -5.80. The molecule has 0 aromatic heterocycles. The van der Waals surface area contributed by atoms with Crippen LogP contribution in [0.25, 0.3) is 6.08 Å². The molecule has 0 unspecified atom stereocenters. The highest BCUT2D eigenvalue weighted by atomic mass is 32.2. The molecule has 0 aliphatic carbocycles. The lowest BCUT2D eigenvalue weighted by Gasteiger charge is -2.23. The summed E-state index contributed by atoms with van der Waals surface area (Å²) in [6, 6.07) is 40.0. The number of thioether (sulfide) groups is 1. The lowest BCUT2D eigenvalue weighted by Crippen LogP contribution is -2.30. The van der Waals surface area contributed by atoms with Crippen LogP contribution in [0.4, 0.5) is 17.1 Å². The van der Waals surface area contributed by atoms with Crippen LogP contribution in [0.1, 0.15) is 15.9 Å². The number of benzene rings is 5. The van der Waals surface area contributed by atoms with Gasteiger partial charge in [-0.05, 0) is 78.9 Å². The summed E-state index contributed by atoms with van der Waals surface area (Å²) >= 11 is 1.40. The predicted molar refractivity (Wildman–Crippen MR) is 187 cm³/mol. The van der Waals surface area contributed by atoms with Gasteiger partial charge in [-0.1, -0.05) is 54.6 Å². The maximum Gasteiger partial charge on any atom is 0.272 e. The van der Waals surface area contributed by atoms with Crippen LogP contribution in [-0.4, -0.2) is 37.7 Å². The summed E-state index contributed by atoms with van der Waals surface area (Å²) in [5.41, 5.74) is 3.09. The number of carbonyl (C=O) groups excluding carboxylic acids is 3. The van der Waals surface area contributed by atoms with E-state index in [1.807, 2.05) is 78.9 Å². The Morgan fingerprint density at radius 2 is 1.32 bits per heavy atom. The number of methoxy groups -OCH3 is 2. The SMILES string of the molecule is COc1ccc(/C=C(\NC(=O)c2ccccc2)C(=O)Nc2ccc(SCC(=O)N(c3ccccc3)c3ccccc3)cc2)c(OC)c1. The van der Waals surface area contributed by atoms with Crippen LogP contribution >= 0.6 is 11.8 Å². The second-order valence-electron chi connectivity index (χ2n) is 10.2. The molecular formula is C38H33N3O5S. The number of amides is 3. The van der Waals surface area contributed by atoms with Crippen LogP contribution in [0.3, 0.4) is 0 Å². The number of hydrogen-bond acceptors (Lipinski definition) is 6. The zero-order valence-corrected chi connectivity index (χ0v) is 26.7. The van der Waals surface area contributed by atoms with Gasteiger partial charge in [0.25, 0.3) is 11.8 Å². The summed E-state index contributed by atoms with van der Waals surface area (Å²) in [4.78, 5) is 42.6. The van der Waals surface area contributed by atoms with Crippen molar-refractivity contribution in [3.05, 3.63) is 150 Å². The molecule has 0 spiro atoms. The average molecular weight is 644 g/mol. The highest BCUT2D eigenvalue weighted by Gasteiger charge is 2.19. The lowest BCUT2D eigenvalue weighted by atomic mass is 10.1. The van der Waals surface area contributed by atoms with E-state index in [-0.39, 0.29) is 17.4 Å². The molecule has 3 amide bonds. The van der Waals surface area contributed by atoms with E-state index < -0.39 is 11.8 Å². The Morgan fingerprint density at radius 3 is 1.89 bits per heavy atom. The van der Waals surface area contributed by atoms with Crippen molar-refractivity contribution in [3.63, 3.8) is 0 Å². The van der Waals surface area contributed by atoms with Crippen molar-refractivity contribution in [1.29, 1.82) is 0 Å². The summed E-state index contributed by atoms with van der Waals surface area (Å²) in [5, 5.41) is 5.60. The van der Waals surface area contributed by atoms with Gasteiger partial charge in [-0.15, -0.1) is 11.8 Å². The minimum absolute atomic E-state index is 0.0216. The van der Waals surface area contributed by atoms with E-state index in [0.29, 0.717) is 28.3 Å². The molecule has 5 rings (SSSR count). The molecular weight excluding hydrogens is 611 g/mol. The minimum Gasteiger partial charge on any atom is -0.497 e. The summed E-state index contributed by atoms with van der Waals surface area (Å²) < 4.78 is 10.8. The summed E-state index contributed by atoms with van der Waals surface area (Å²) in [7, 11) is 3.07. The Bertz CT molecular complexity index is 1810. The molecule has 0 fully saturated rings. The summed E-state index contributed by atoms with van der Waals surface area (Å²) in [6.45, 7) is 0. The van der Waals surface area contributed by atoms with Gasteiger partial charge in [0.1, 0.15) is 17.2 Å². The fraction of sp³-hybridized carbons (Fsp3) is 0.0789. The average Bonchev–Trinajstić information content (AvgIpc) is 3.12. The molecule has 0 bridgehead atoms. The third-order valence-electron chi connectivity index (χ3n) is 7.02. The molecule has 47 heavy (non-hydrogen) atoms. The van der Waals surface area contributed by atoms with Crippen LogP contribution in [0.2, 0.25) is 0 Å². The second kappa shape index (κ2) is 16.0. The quantitative estimate of drug-likeness (QED) is 0.108. The molecule has 0 aliphatic heterocycles. The highest BCUT2D eigenvalue weighted by molar-refractivity contribution is 8.00. The number of ether oxygens (including phenoxy) is 2. The van der Waals surface area contributed by atoms with Crippen molar-refractivity contribution in [2.45, 2.75) is 4.90 Å². The number of para-hydroxylation sites is 2. The van der Waals surface area contributed by atoms with Crippen molar-refractivity contribution in [3.8, 4) is 11.5 Å². The Labute approximate surface area is 278 Å². The summed E-state index contributed by atoms with van der Waals surface area (Å²) in [6.07, 6.45) is 1.55. The number of anilines is 3. The second-order valence-corrected chi connectivity index (χ2v) is 11.2. The van der Waals surface area contributed by atoms with Crippen LogP contribution in [0, 0.1) is 0 Å². The van der Waals surface area contributed by atoms with E-state index in [0.717, 1.165) is 16.3 Å². The van der Waals surface area contributed by atoms with E-state index in [2.05, 4.69) is 10.6 Å². The molecule has 236 valence electrons. The van der Waals surface area contributed by atoms with Crippen LogP contribution in [-0.2, 0) is 9.59 Å². The minimum atomic E-state index is -0.524. The third kappa shape index (κ3) is 8.68. The lowest BCUT2D eigenvalue weighted by molar-refractivity contribution is -0.115.